The molecule has 104 valence electrons. The van der Waals surface area contributed by atoms with E-state index in [2.05, 4.69) is 5.32 Å². The summed E-state index contributed by atoms with van der Waals surface area (Å²) in [6.07, 6.45) is 0. The predicted molar refractivity (Wildman–Crippen MR) is 83.3 cm³/mol. The minimum Gasteiger partial charge on any atom is -0.322 e. The Kier molecular flexibility index (Phi) is 3.59. The Morgan fingerprint density at radius 2 is 1.57 bits per heavy atom. The van der Waals surface area contributed by atoms with Crippen molar-refractivity contribution in [3.8, 4) is 0 Å². The van der Waals surface area contributed by atoms with Gasteiger partial charge in [0.1, 0.15) is 5.82 Å². The fourth-order valence-electron chi connectivity index (χ4n) is 2.12. The van der Waals surface area contributed by atoms with Gasteiger partial charge in [-0.1, -0.05) is 35.9 Å². The lowest BCUT2D eigenvalue weighted by molar-refractivity contribution is 0.102. The molecule has 0 aliphatic carbocycles. The van der Waals surface area contributed by atoms with Crippen LogP contribution in [0.25, 0.3) is 10.8 Å². The molecule has 0 saturated carbocycles. The lowest BCUT2D eigenvalue weighted by Crippen LogP contribution is -2.13. The molecule has 0 aromatic heterocycles. The largest absolute Gasteiger partial charge is 0.322 e. The number of amides is 1. The van der Waals surface area contributed by atoms with Gasteiger partial charge in [-0.05, 0) is 47.2 Å². The molecule has 0 fully saturated rings. The summed E-state index contributed by atoms with van der Waals surface area (Å²) < 4.78 is 14.1. The summed E-state index contributed by atoms with van der Waals surface area (Å²) in [5.74, 6) is -1.03. The van der Waals surface area contributed by atoms with E-state index >= 15 is 0 Å². The van der Waals surface area contributed by atoms with Crippen LogP contribution in [0.1, 0.15) is 10.4 Å². The fourth-order valence-corrected chi connectivity index (χ4v) is 2.24. The first-order chi connectivity index (χ1) is 10.1. The first-order valence-electron chi connectivity index (χ1n) is 6.39. The molecule has 0 heterocycles. The van der Waals surface area contributed by atoms with Crippen LogP contribution in [0.3, 0.4) is 0 Å². The van der Waals surface area contributed by atoms with Crippen molar-refractivity contribution < 1.29 is 9.18 Å². The van der Waals surface area contributed by atoms with Crippen LogP contribution in [0, 0.1) is 5.82 Å². The maximum Gasteiger partial charge on any atom is 0.258 e. The standard InChI is InChI=1S/C17H11ClFNO/c18-13-5-7-14(8-6-13)20-17(21)15-9-11-3-1-2-4-12(11)10-16(15)19/h1-10H,(H,20,21). The highest BCUT2D eigenvalue weighted by Crippen LogP contribution is 2.21. The summed E-state index contributed by atoms with van der Waals surface area (Å²) in [6, 6.07) is 16.9. The molecular weight excluding hydrogens is 289 g/mol. The Morgan fingerprint density at radius 3 is 2.24 bits per heavy atom. The molecule has 0 aliphatic rings. The summed E-state index contributed by atoms with van der Waals surface area (Å²) >= 11 is 5.78. The summed E-state index contributed by atoms with van der Waals surface area (Å²) in [5, 5.41) is 4.81. The highest BCUT2D eigenvalue weighted by Gasteiger charge is 2.13. The average molecular weight is 300 g/mol. The van der Waals surface area contributed by atoms with Gasteiger partial charge in [0, 0.05) is 10.7 Å². The van der Waals surface area contributed by atoms with Gasteiger partial charge in [-0.2, -0.15) is 0 Å². The lowest BCUT2D eigenvalue weighted by atomic mass is 10.1. The second-order valence-corrected chi connectivity index (χ2v) is 5.08. The zero-order chi connectivity index (χ0) is 14.8. The van der Waals surface area contributed by atoms with Crippen LogP contribution in [-0.4, -0.2) is 5.91 Å². The molecule has 0 spiro atoms. The van der Waals surface area contributed by atoms with Crippen molar-refractivity contribution in [2.75, 3.05) is 5.32 Å². The molecule has 0 bridgehead atoms. The number of benzene rings is 3. The third-order valence-corrected chi connectivity index (χ3v) is 3.43. The third kappa shape index (κ3) is 2.88. The maximum atomic E-state index is 14.1. The smallest absolute Gasteiger partial charge is 0.258 e. The molecule has 0 unspecified atom stereocenters. The number of hydrogen-bond donors (Lipinski definition) is 1. The number of halogens is 2. The SMILES string of the molecule is O=C(Nc1ccc(Cl)cc1)c1cc2ccccc2cc1F. The number of rotatable bonds is 2. The molecule has 0 atom stereocenters. The van der Waals surface area contributed by atoms with Crippen LogP contribution in [0.2, 0.25) is 5.02 Å². The van der Waals surface area contributed by atoms with Crippen LogP contribution < -0.4 is 5.32 Å². The van der Waals surface area contributed by atoms with Crippen LogP contribution in [0.5, 0.6) is 0 Å². The van der Waals surface area contributed by atoms with Crippen molar-refractivity contribution in [2.24, 2.45) is 0 Å². The molecule has 21 heavy (non-hydrogen) atoms. The summed E-state index contributed by atoms with van der Waals surface area (Å²) in [5.41, 5.74) is 0.584. The lowest BCUT2D eigenvalue weighted by Gasteiger charge is -2.08. The van der Waals surface area contributed by atoms with Gasteiger partial charge in [0.15, 0.2) is 0 Å². The van der Waals surface area contributed by atoms with E-state index in [0.717, 1.165) is 10.8 Å². The van der Waals surface area contributed by atoms with Crippen LogP contribution in [0.4, 0.5) is 10.1 Å². The zero-order valence-electron chi connectivity index (χ0n) is 10.9. The number of anilines is 1. The van der Waals surface area contributed by atoms with Gasteiger partial charge in [0.2, 0.25) is 0 Å². The number of carbonyl (C=O) groups is 1. The van der Waals surface area contributed by atoms with E-state index in [0.29, 0.717) is 10.7 Å². The monoisotopic (exact) mass is 299 g/mol. The van der Waals surface area contributed by atoms with Crippen molar-refractivity contribution in [1.82, 2.24) is 0 Å². The number of hydrogen-bond acceptors (Lipinski definition) is 1. The molecule has 0 saturated heterocycles. The van der Waals surface area contributed by atoms with E-state index in [4.69, 9.17) is 11.6 Å². The number of nitrogens with one attached hydrogen (secondary N) is 1. The Balaban J connectivity index is 1.93. The minimum atomic E-state index is -0.542. The van der Waals surface area contributed by atoms with Crippen LogP contribution in [-0.2, 0) is 0 Å². The topological polar surface area (TPSA) is 29.1 Å². The average Bonchev–Trinajstić information content (AvgIpc) is 2.49. The van der Waals surface area contributed by atoms with Crippen molar-refractivity contribution in [2.45, 2.75) is 0 Å². The van der Waals surface area contributed by atoms with E-state index in [9.17, 15) is 9.18 Å². The molecule has 1 N–H and O–H groups in total. The molecular formula is C17H11ClFNO. The van der Waals surface area contributed by atoms with Gasteiger partial charge in [-0.15, -0.1) is 0 Å². The first kappa shape index (κ1) is 13.6. The van der Waals surface area contributed by atoms with Gasteiger partial charge in [-0.3, -0.25) is 4.79 Å². The van der Waals surface area contributed by atoms with Crippen molar-refractivity contribution >= 4 is 34.0 Å². The van der Waals surface area contributed by atoms with E-state index in [1.54, 1.807) is 36.4 Å². The molecule has 3 aromatic carbocycles. The predicted octanol–water partition coefficient (Wildman–Crippen LogP) is 4.88. The van der Waals surface area contributed by atoms with Gasteiger partial charge in [0.25, 0.3) is 5.91 Å². The van der Waals surface area contributed by atoms with Gasteiger partial charge >= 0.3 is 0 Å². The molecule has 0 radical (unpaired) electrons. The Bertz CT molecular complexity index is 815. The molecule has 3 aromatic rings. The second kappa shape index (κ2) is 5.54. The van der Waals surface area contributed by atoms with Gasteiger partial charge in [0.05, 0.1) is 5.56 Å². The fraction of sp³-hybridized carbons (Fsp3) is 0. The molecule has 3 rings (SSSR count). The van der Waals surface area contributed by atoms with E-state index in [-0.39, 0.29) is 5.56 Å². The minimum absolute atomic E-state index is 0.0173. The summed E-state index contributed by atoms with van der Waals surface area (Å²) in [6.45, 7) is 0. The molecule has 1 amide bonds. The van der Waals surface area contributed by atoms with Crippen LogP contribution in [0.15, 0.2) is 60.7 Å². The van der Waals surface area contributed by atoms with Crippen molar-refractivity contribution in [1.29, 1.82) is 0 Å². The summed E-state index contributed by atoms with van der Waals surface area (Å²) in [4.78, 5) is 12.2. The highest BCUT2D eigenvalue weighted by atomic mass is 35.5. The molecule has 4 heteroatoms. The first-order valence-corrected chi connectivity index (χ1v) is 6.76. The van der Waals surface area contributed by atoms with E-state index in [1.807, 2.05) is 18.2 Å². The van der Waals surface area contributed by atoms with E-state index < -0.39 is 11.7 Å². The van der Waals surface area contributed by atoms with Crippen molar-refractivity contribution in [3.05, 3.63) is 77.1 Å². The Hall–Kier alpha value is -2.39. The van der Waals surface area contributed by atoms with Gasteiger partial charge in [-0.25, -0.2) is 4.39 Å². The number of fused-ring (bicyclic) bond motifs is 1. The van der Waals surface area contributed by atoms with Crippen LogP contribution >= 0.6 is 11.6 Å². The second-order valence-electron chi connectivity index (χ2n) is 4.64. The van der Waals surface area contributed by atoms with Gasteiger partial charge < -0.3 is 5.32 Å². The third-order valence-electron chi connectivity index (χ3n) is 3.18. The number of carbonyl (C=O) groups excluding carboxylic acids is 1. The Labute approximate surface area is 126 Å². The Morgan fingerprint density at radius 1 is 0.952 bits per heavy atom. The van der Waals surface area contributed by atoms with Crippen molar-refractivity contribution in [3.63, 3.8) is 0 Å². The molecule has 0 aliphatic heterocycles. The zero-order valence-corrected chi connectivity index (χ0v) is 11.7. The molecule has 2 nitrogen and oxygen atoms in total. The maximum absolute atomic E-state index is 14.1. The normalized spacial score (nSPS) is 10.6. The van der Waals surface area contributed by atoms with E-state index in [1.165, 1.54) is 6.07 Å². The summed E-state index contributed by atoms with van der Waals surface area (Å²) in [7, 11) is 0. The quantitative estimate of drug-likeness (QED) is 0.717. The highest BCUT2D eigenvalue weighted by molar-refractivity contribution is 6.30.